The Kier molecular flexibility index (Phi) is 8.52. The summed E-state index contributed by atoms with van der Waals surface area (Å²) in [5, 5.41) is 5.58. The Hall–Kier alpha value is -2.84. The van der Waals surface area contributed by atoms with E-state index in [9.17, 15) is 22.8 Å². The Morgan fingerprint density at radius 2 is 1.68 bits per heavy atom. The van der Waals surface area contributed by atoms with E-state index in [0.717, 1.165) is 17.0 Å². The number of urea groups is 1. The summed E-state index contributed by atoms with van der Waals surface area (Å²) < 4.78 is 32.4. The number of hydrogen-bond donors (Lipinski definition) is 2. The van der Waals surface area contributed by atoms with E-state index < -0.39 is 27.9 Å². The van der Waals surface area contributed by atoms with Gasteiger partial charge in [-0.3, -0.25) is 19.8 Å². The molecule has 1 aromatic carbocycles. The Bertz CT molecular complexity index is 1310. The molecule has 0 bridgehead atoms. The molecule has 0 saturated carbocycles. The van der Waals surface area contributed by atoms with E-state index in [1.54, 1.807) is 0 Å². The smallest absolute Gasteiger partial charge is 0.323 e. The molecule has 206 valence electrons. The average molecular weight is 564 g/mol. The zero-order valence-electron chi connectivity index (χ0n) is 21.9. The van der Waals surface area contributed by atoms with E-state index in [1.807, 2.05) is 0 Å². The molecule has 2 N–H and O–H groups in total. The van der Waals surface area contributed by atoms with Gasteiger partial charge in [-0.1, -0.05) is 0 Å². The third kappa shape index (κ3) is 5.91. The van der Waals surface area contributed by atoms with Crippen molar-refractivity contribution in [3.05, 3.63) is 45.8 Å². The summed E-state index contributed by atoms with van der Waals surface area (Å²) in [7, 11) is -0.605. The van der Waals surface area contributed by atoms with Crippen LogP contribution in [0.15, 0.2) is 29.2 Å². The summed E-state index contributed by atoms with van der Waals surface area (Å²) >= 11 is 1.32. The number of anilines is 1. The van der Waals surface area contributed by atoms with Crippen molar-refractivity contribution in [2.75, 3.05) is 52.3 Å². The number of nitrogens with one attached hydrogen (secondary N) is 2. The minimum atomic E-state index is -3.68. The van der Waals surface area contributed by atoms with Crippen LogP contribution in [0.25, 0.3) is 0 Å². The van der Waals surface area contributed by atoms with E-state index in [0.29, 0.717) is 42.8 Å². The number of ether oxygens (including phenoxy) is 1. The van der Waals surface area contributed by atoms with Gasteiger partial charge in [0.05, 0.1) is 23.7 Å². The highest BCUT2D eigenvalue weighted by atomic mass is 32.2. The fourth-order valence-corrected chi connectivity index (χ4v) is 7.03. The van der Waals surface area contributed by atoms with Crippen LogP contribution in [0.3, 0.4) is 0 Å². The van der Waals surface area contributed by atoms with Gasteiger partial charge in [-0.15, -0.1) is 11.3 Å². The van der Waals surface area contributed by atoms with Crippen LogP contribution in [-0.4, -0.2) is 93.4 Å². The number of fused-ring (bicyclic) bond motifs is 1. The Labute approximate surface area is 226 Å². The summed E-state index contributed by atoms with van der Waals surface area (Å²) in [6.07, 6.45) is 0.618. The maximum atomic E-state index is 13.2. The number of thiophene rings is 1. The van der Waals surface area contributed by atoms with Crippen LogP contribution in [0, 0.1) is 0 Å². The number of imide groups is 1. The molecule has 2 aliphatic heterocycles. The largest absolute Gasteiger partial charge is 0.379 e. The third-order valence-corrected chi connectivity index (χ3v) is 9.67. The quantitative estimate of drug-likeness (QED) is 0.551. The molecule has 4 rings (SSSR count). The number of amides is 4. The summed E-state index contributed by atoms with van der Waals surface area (Å²) in [4.78, 5) is 43.1. The van der Waals surface area contributed by atoms with Gasteiger partial charge >= 0.3 is 6.03 Å². The summed E-state index contributed by atoms with van der Waals surface area (Å²) in [6.45, 7) is 6.86. The SMILES string of the molecule is CC(C)N1CCc2c(sc(NC(=O)c3ccc(S(=O)(=O)N4CCOCC4)cc3)c2C(=O)NC(=O)N(C)C)C1. The molecule has 0 atom stereocenters. The second kappa shape index (κ2) is 11.5. The standard InChI is InChI=1S/C25H33N5O6S2/c1-16(2)29-10-9-19-20(15-29)37-24(21(19)23(32)27-25(33)28(3)4)26-22(31)17-5-7-18(8-6-17)38(34,35)30-11-13-36-14-12-30/h5-8,16H,9-15H2,1-4H3,(H,26,31)(H,27,32,33). The van der Waals surface area contributed by atoms with Crippen LogP contribution in [0.1, 0.15) is 45.0 Å². The van der Waals surface area contributed by atoms with Crippen molar-refractivity contribution in [3.8, 4) is 0 Å². The molecule has 11 nitrogen and oxygen atoms in total. The lowest BCUT2D eigenvalue weighted by Gasteiger charge is -2.30. The number of carbonyl (C=O) groups is 3. The number of hydrogen-bond acceptors (Lipinski definition) is 8. The van der Waals surface area contributed by atoms with E-state index in [1.165, 1.54) is 58.9 Å². The highest BCUT2D eigenvalue weighted by molar-refractivity contribution is 7.89. The molecule has 0 spiro atoms. The molecule has 1 fully saturated rings. The first-order valence-corrected chi connectivity index (χ1v) is 14.6. The van der Waals surface area contributed by atoms with Crippen LogP contribution in [-0.2, 0) is 27.7 Å². The highest BCUT2D eigenvalue weighted by Gasteiger charge is 2.31. The fraction of sp³-hybridized carbons (Fsp3) is 0.480. The first-order valence-electron chi connectivity index (χ1n) is 12.4. The second-order valence-electron chi connectivity index (χ2n) is 9.67. The van der Waals surface area contributed by atoms with E-state index >= 15 is 0 Å². The molecule has 4 amide bonds. The maximum absolute atomic E-state index is 13.2. The van der Waals surface area contributed by atoms with Gasteiger partial charge in [0.15, 0.2) is 0 Å². The van der Waals surface area contributed by atoms with Crippen molar-refractivity contribution < 1.29 is 27.5 Å². The third-order valence-electron chi connectivity index (χ3n) is 6.62. The van der Waals surface area contributed by atoms with Crippen LogP contribution < -0.4 is 10.6 Å². The van der Waals surface area contributed by atoms with Gasteiger partial charge in [-0.2, -0.15) is 4.31 Å². The Morgan fingerprint density at radius 1 is 1.03 bits per heavy atom. The lowest BCUT2D eigenvalue weighted by atomic mass is 10.0. The van der Waals surface area contributed by atoms with Crippen LogP contribution >= 0.6 is 11.3 Å². The van der Waals surface area contributed by atoms with Gasteiger partial charge in [0.1, 0.15) is 5.00 Å². The summed E-state index contributed by atoms with van der Waals surface area (Å²) in [5.41, 5.74) is 1.37. The van der Waals surface area contributed by atoms with Gasteiger partial charge in [0, 0.05) is 56.8 Å². The van der Waals surface area contributed by atoms with Crippen LogP contribution in [0.4, 0.5) is 9.80 Å². The van der Waals surface area contributed by atoms with Gasteiger partial charge < -0.3 is 15.0 Å². The molecule has 0 radical (unpaired) electrons. The Morgan fingerprint density at radius 3 is 2.29 bits per heavy atom. The van der Waals surface area contributed by atoms with Crippen molar-refractivity contribution in [2.45, 2.75) is 37.8 Å². The second-order valence-corrected chi connectivity index (χ2v) is 12.7. The number of sulfonamides is 1. The first-order chi connectivity index (χ1) is 18.0. The molecular formula is C25H33N5O6S2. The molecular weight excluding hydrogens is 530 g/mol. The lowest BCUT2D eigenvalue weighted by molar-refractivity contribution is 0.0730. The number of nitrogens with zero attached hydrogens (tertiary/aromatic N) is 3. The molecule has 3 heterocycles. The monoisotopic (exact) mass is 563 g/mol. The fourth-order valence-electron chi connectivity index (χ4n) is 4.35. The van der Waals surface area contributed by atoms with Crippen LogP contribution in [0.2, 0.25) is 0 Å². The molecule has 13 heteroatoms. The number of benzene rings is 1. The Balaban J connectivity index is 1.58. The minimum absolute atomic E-state index is 0.0959. The molecule has 1 saturated heterocycles. The number of carbonyl (C=O) groups excluding carboxylic acids is 3. The van der Waals surface area contributed by atoms with Gasteiger partial charge in [0.25, 0.3) is 11.8 Å². The minimum Gasteiger partial charge on any atom is -0.379 e. The van der Waals surface area contributed by atoms with Crippen LogP contribution in [0.5, 0.6) is 0 Å². The van der Waals surface area contributed by atoms with Gasteiger partial charge in [-0.25, -0.2) is 13.2 Å². The maximum Gasteiger partial charge on any atom is 0.323 e. The predicted octanol–water partition coefficient (Wildman–Crippen LogP) is 2.20. The lowest BCUT2D eigenvalue weighted by Crippen LogP contribution is -2.40. The molecule has 1 aromatic heterocycles. The highest BCUT2D eigenvalue weighted by Crippen LogP contribution is 2.38. The molecule has 0 unspecified atom stereocenters. The zero-order valence-corrected chi connectivity index (χ0v) is 23.6. The van der Waals surface area contributed by atoms with Crippen molar-refractivity contribution in [3.63, 3.8) is 0 Å². The molecule has 38 heavy (non-hydrogen) atoms. The summed E-state index contributed by atoms with van der Waals surface area (Å²) in [6, 6.07) is 5.48. The van der Waals surface area contributed by atoms with E-state index in [4.69, 9.17) is 4.74 Å². The van der Waals surface area contributed by atoms with Gasteiger partial charge in [-0.05, 0) is 50.1 Å². The van der Waals surface area contributed by atoms with E-state index in [-0.39, 0.29) is 23.5 Å². The first kappa shape index (κ1) is 28.2. The van der Waals surface area contributed by atoms with Crippen molar-refractivity contribution in [1.29, 1.82) is 0 Å². The molecule has 2 aliphatic rings. The summed E-state index contributed by atoms with van der Waals surface area (Å²) in [5.74, 6) is -1.05. The normalized spacial score (nSPS) is 16.7. The number of morpholine rings is 1. The topological polar surface area (TPSA) is 128 Å². The molecule has 2 aromatic rings. The van der Waals surface area contributed by atoms with Gasteiger partial charge in [0.2, 0.25) is 10.0 Å². The van der Waals surface area contributed by atoms with Crippen molar-refractivity contribution >= 4 is 44.2 Å². The van der Waals surface area contributed by atoms with Crippen molar-refractivity contribution in [2.24, 2.45) is 0 Å². The predicted molar refractivity (Wildman–Crippen MR) is 144 cm³/mol. The molecule has 0 aliphatic carbocycles. The van der Waals surface area contributed by atoms with E-state index in [2.05, 4.69) is 29.4 Å². The number of rotatable bonds is 6. The van der Waals surface area contributed by atoms with Crippen molar-refractivity contribution in [1.82, 2.24) is 19.4 Å². The zero-order chi connectivity index (χ0) is 27.6. The average Bonchev–Trinajstić information content (AvgIpc) is 3.26.